The first-order valence-electron chi connectivity index (χ1n) is 6.38. The highest BCUT2D eigenvalue weighted by Gasteiger charge is 2.34. The van der Waals surface area contributed by atoms with E-state index in [1.54, 1.807) is 0 Å². The summed E-state index contributed by atoms with van der Waals surface area (Å²) in [5.74, 6) is 0. The molecule has 1 fully saturated rings. The summed E-state index contributed by atoms with van der Waals surface area (Å²) in [4.78, 5) is 13.4. The number of likely N-dealkylation sites (N-methyl/N-ethyl adjacent to an activating group) is 1. The van der Waals surface area contributed by atoms with E-state index in [4.69, 9.17) is 11.6 Å². The number of aromatic amines is 1. The molecule has 20 heavy (non-hydrogen) atoms. The Hall–Kier alpha value is -0.890. The Morgan fingerprint density at radius 1 is 1.40 bits per heavy atom. The van der Waals surface area contributed by atoms with Gasteiger partial charge in [0.2, 0.25) is 10.0 Å². The Bertz CT molecular complexity index is 643. The fraction of sp³-hybridized carbons (Fsp3) is 0.583. The molecule has 1 aromatic rings. The van der Waals surface area contributed by atoms with Crippen LogP contribution in [0.4, 0.5) is 0 Å². The Kier molecular flexibility index (Phi) is 4.53. The number of nitrogens with one attached hydrogen (secondary N) is 1. The summed E-state index contributed by atoms with van der Waals surface area (Å²) in [6.45, 7) is 0. The smallest absolute Gasteiger partial charge is 0.266 e. The Labute approximate surface area is 122 Å². The van der Waals surface area contributed by atoms with Gasteiger partial charge in [0.25, 0.3) is 5.56 Å². The minimum absolute atomic E-state index is 0.0811. The first-order valence-corrected chi connectivity index (χ1v) is 8.20. The Morgan fingerprint density at radius 2 is 2.05 bits per heavy atom. The first-order chi connectivity index (χ1) is 9.34. The molecule has 1 aliphatic rings. The van der Waals surface area contributed by atoms with Crippen LogP contribution in [0.15, 0.2) is 22.0 Å². The molecular weight excluding hydrogens is 304 g/mol. The number of H-pyrrole nitrogens is 1. The normalized spacial score (nSPS) is 24.0. The molecule has 1 aliphatic carbocycles. The van der Waals surface area contributed by atoms with Crippen LogP contribution in [0.1, 0.15) is 25.7 Å². The maximum Gasteiger partial charge on any atom is 0.266 e. The van der Waals surface area contributed by atoms with Crippen molar-refractivity contribution in [1.82, 2.24) is 9.29 Å². The molecule has 0 spiro atoms. The van der Waals surface area contributed by atoms with Gasteiger partial charge in [-0.25, -0.2) is 8.42 Å². The molecule has 6 nitrogen and oxygen atoms in total. The van der Waals surface area contributed by atoms with Gasteiger partial charge < -0.3 is 10.1 Å². The summed E-state index contributed by atoms with van der Waals surface area (Å²) < 4.78 is 26.1. The number of hydrogen-bond acceptors (Lipinski definition) is 4. The molecule has 0 bridgehead atoms. The highest BCUT2D eigenvalue weighted by atomic mass is 35.5. The number of aliphatic hydroxyl groups excluding tert-OH is 1. The van der Waals surface area contributed by atoms with Crippen molar-refractivity contribution in [2.45, 2.75) is 42.7 Å². The quantitative estimate of drug-likeness (QED) is 0.867. The third-order valence-electron chi connectivity index (χ3n) is 3.67. The van der Waals surface area contributed by atoms with Crippen molar-refractivity contribution in [2.75, 3.05) is 7.05 Å². The summed E-state index contributed by atoms with van der Waals surface area (Å²) in [6.07, 6.45) is 3.45. The van der Waals surface area contributed by atoms with E-state index in [1.807, 2.05) is 0 Å². The van der Waals surface area contributed by atoms with Crippen molar-refractivity contribution in [1.29, 1.82) is 0 Å². The van der Waals surface area contributed by atoms with Crippen LogP contribution in [0.3, 0.4) is 0 Å². The summed E-state index contributed by atoms with van der Waals surface area (Å²) in [5.41, 5.74) is -0.536. The van der Waals surface area contributed by atoms with Crippen molar-refractivity contribution in [3.63, 3.8) is 0 Å². The van der Waals surface area contributed by atoms with Crippen LogP contribution in [0, 0.1) is 0 Å². The molecule has 2 rings (SSSR count). The fourth-order valence-electron chi connectivity index (χ4n) is 2.45. The van der Waals surface area contributed by atoms with Crippen LogP contribution < -0.4 is 5.56 Å². The number of nitrogens with zero attached hydrogens (tertiary/aromatic N) is 1. The van der Waals surface area contributed by atoms with Crippen LogP contribution >= 0.6 is 11.6 Å². The van der Waals surface area contributed by atoms with E-state index in [-0.39, 0.29) is 9.92 Å². The largest absolute Gasteiger partial charge is 0.391 e. The third kappa shape index (κ3) is 2.90. The van der Waals surface area contributed by atoms with Gasteiger partial charge in [-0.05, 0) is 18.9 Å². The Morgan fingerprint density at radius 3 is 2.65 bits per heavy atom. The van der Waals surface area contributed by atoms with Gasteiger partial charge in [0, 0.05) is 13.2 Å². The SMILES string of the molecule is CN(C1CCCCC1O)S(=O)(=O)c1c[nH]c(=O)c(Cl)c1. The summed E-state index contributed by atoms with van der Waals surface area (Å²) in [6, 6.07) is 0.681. The highest BCUT2D eigenvalue weighted by Crippen LogP contribution is 2.26. The van der Waals surface area contributed by atoms with Crippen LogP contribution in [0.25, 0.3) is 0 Å². The van der Waals surface area contributed by atoms with E-state index in [9.17, 15) is 18.3 Å². The lowest BCUT2D eigenvalue weighted by Gasteiger charge is -2.34. The van der Waals surface area contributed by atoms with Crippen LogP contribution in [0.2, 0.25) is 5.02 Å². The molecule has 112 valence electrons. The molecule has 1 saturated carbocycles. The molecule has 2 unspecified atom stereocenters. The number of rotatable bonds is 3. The predicted octanol–water partition coefficient (Wildman–Crippen LogP) is 0.952. The summed E-state index contributed by atoms with van der Waals surface area (Å²) in [5, 5.41) is 9.78. The second kappa shape index (κ2) is 5.85. The third-order valence-corrected chi connectivity index (χ3v) is 5.81. The lowest BCUT2D eigenvalue weighted by atomic mass is 9.93. The molecule has 2 atom stereocenters. The number of sulfonamides is 1. The standard InChI is InChI=1S/C12H17ClN2O4S/c1-15(10-4-2-3-5-11(10)16)20(18,19)8-6-9(13)12(17)14-7-8/h6-7,10-11,16H,2-5H2,1H3,(H,14,17). The van der Waals surface area contributed by atoms with Crippen molar-refractivity contribution < 1.29 is 13.5 Å². The molecule has 1 aromatic heterocycles. The molecule has 2 N–H and O–H groups in total. The number of pyridine rings is 1. The molecule has 0 saturated heterocycles. The number of aliphatic hydroxyl groups is 1. The van der Waals surface area contributed by atoms with Gasteiger partial charge in [0.15, 0.2) is 0 Å². The van der Waals surface area contributed by atoms with Gasteiger partial charge in [-0.1, -0.05) is 24.4 Å². The zero-order valence-electron chi connectivity index (χ0n) is 11.0. The zero-order valence-corrected chi connectivity index (χ0v) is 12.6. The van der Waals surface area contributed by atoms with E-state index < -0.39 is 27.7 Å². The fourth-order valence-corrected chi connectivity index (χ4v) is 4.09. The lowest BCUT2D eigenvalue weighted by molar-refractivity contribution is 0.0638. The summed E-state index contributed by atoms with van der Waals surface area (Å²) >= 11 is 5.66. The predicted molar refractivity (Wildman–Crippen MR) is 75.3 cm³/mol. The maximum absolute atomic E-state index is 12.5. The lowest BCUT2D eigenvalue weighted by Crippen LogP contribution is -2.46. The molecule has 0 aromatic carbocycles. The molecule has 0 aliphatic heterocycles. The molecule has 0 radical (unpaired) electrons. The monoisotopic (exact) mass is 320 g/mol. The zero-order chi connectivity index (χ0) is 14.9. The molecule has 0 amide bonds. The van der Waals surface area contributed by atoms with Crippen LogP contribution in [-0.2, 0) is 10.0 Å². The molecular formula is C12H17ClN2O4S. The average molecular weight is 321 g/mol. The summed E-state index contributed by atoms with van der Waals surface area (Å²) in [7, 11) is -2.35. The van der Waals surface area contributed by atoms with Gasteiger partial charge in [-0.3, -0.25) is 4.79 Å². The highest BCUT2D eigenvalue weighted by molar-refractivity contribution is 7.89. The van der Waals surface area contributed by atoms with Crippen LogP contribution in [-0.4, -0.2) is 42.0 Å². The minimum Gasteiger partial charge on any atom is -0.391 e. The Balaban J connectivity index is 2.33. The van der Waals surface area contributed by atoms with E-state index >= 15 is 0 Å². The topological polar surface area (TPSA) is 90.5 Å². The molecule has 1 heterocycles. The second-order valence-electron chi connectivity index (χ2n) is 4.95. The van der Waals surface area contributed by atoms with Gasteiger partial charge in [-0.15, -0.1) is 0 Å². The maximum atomic E-state index is 12.5. The number of aromatic nitrogens is 1. The average Bonchev–Trinajstić information content (AvgIpc) is 2.41. The first kappa shape index (κ1) is 15.5. The second-order valence-corrected chi connectivity index (χ2v) is 7.36. The van der Waals surface area contributed by atoms with Crippen molar-refractivity contribution in [3.05, 3.63) is 27.6 Å². The molecule has 8 heteroatoms. The van der Waals surface area contributed by atoms with E-state index in [1.165, 1.54) is 11.4 Å². The minimum atomic E-state index is -3.79. The van der Waals surface area contributed by atoms with Crippen molar-refractivity contribution in [2.24, 2.45) is 0 Å². The number of halogens is 1. The van der Waals surface area contributed by atoms with Crippen LogP contribution in [0.5, 0.6) is 0 Å². The van der Waals surface area contributed by atoms with Gasteiger partial charge in [0.1, 0.15) is 5.02 Å². The van der Waals surface area contributed by atoms with E-state index in [0.717, 1.165) is 25.1 Å². The van der Waals surface area contributed by atoms with Crippen molar-refractivity contribution in [3.8, 4) is 0 Å². The van der Waals surface area contributed by atoms with E-state index in [0.29, 0.717) is 12.8 Å². The van der Waals surface area contributed by atoms with Gasteiger partial charge >= 0.3 is 0 Å². The van der Waals surface area contributed by atoms with E-state index in [2.05, 4.69) is 4.98 Å². The number of hydrogen-bond donors (Lipinski definition) is 2. The van der Waals surface area contributed by atoms with Gasteiger partial charge in [0.05, 0.1) is 17.0 Å². The van der Waals surface area contributed by atoms with Gasteiger partial charge in [-0.2, -0.15) is 4.31 Å². The van der Waals surface area contributed by atoms with Crippen molar-refractivity contribution >= 4 is 21.6 Å².